The average Bonchev–Trinajstić information content (AvgIpc) is 3.06. The lowest BCUT2D eigenvalue weighted by molar-refractivity contribution is 0.324. The summed E-state index contributed by atoms with van der Waals surface area (Å²) < 4.78 is 19.6. The average molecular weight is 419 g/mol. The number of nitrogens with zero attached hydrogens (tertiary/aromatic N) is 4. The van der Waals surface area contributed by atoms with Crippen LogP contribution in [0.4, 0.5) is 0 Å². The second kappa shape index (κ2) is 8.90. The third-order valence-corrected chi connectivity index (χ3v) is 4.78. The Morgan fingerprint density at radius 3 is 2.39 bits per heavy atom. The predicted molar refractivity (Wildman–Crippen MR) is 111 cm³/mol. The molecule has 0 fully saturated rings. The van der Waals surface area contributed by atoms with Gasteiger partial charge in [0, 0.05) is 10.6 Å². The maximum Gasteiger partial charge on any atom is 0.219 e. The Hall–Kier alpha value is -2.84. The first-order valence-corrected chi connectivity index (χ1v) is 9.08. The van der Waals surface area contributed by atoms with Crippen molar-refractivity contribution >= 4 is 30.0 Å². The van der Waals surface area contributed by atoms with E-state index in [1.54, 1.807) is 50.7 Å². The van der Waals surface area contributed by atoms with Gasteiger partial charge < -0.3 is 14.2 Å². The molecule has 0 aliphatic rings. The highest BCUT2D eigenvalue weighted by Crippen LogP contribution is 2.37. The van der Waals surface area contributed by atoms with E-state index in [1.807, 2.05) is 24.3 Å². The van der Waals surface area contributed by atoms with Crippen LogP contribution in [0.25, 0.3) is 0 Å². The van der Waals surface area contributed by atoms with Gasteiger partial charge in [0.05, 0.1) is 34.1 Å². The summed E-state index contributed by atoms with van der Waals surface area (Å²) in [6, 6.07) is 11.2. The van der Waals surface area contributed by atoms with Crippen LogP contribution in [0, 0.1) is 4.77 Å². The van der Waals surface area contributed by atoms with Crippen molar-refractivity contribution in [1.82, 2.24) is 14.5 Å². The highest BCUT2D eigenvalue weighted by molar-refractivity contribution is 7.71. The summed E-state index contributed by atoms with van der Waals surface area (Å²) in [6.45, 7) is 0.464. The lowest BCUT2D eigenvalue weighted by atomic mass is 10.2. The molecule has 1 aromatic heterocycles. The first kappa shape index (κ1) is 19.9. The van der Waals surface area contributed by atoms with E-state index in [2.05, 4.69) is 10.2 Å². The first-order valence-electron chi connectivity index (χ1n) is 8.29. The molecule has 0 amide bonds. The monoisotopic (exact) mass is 418 g/mol. The number of hydrogen-bond donors (Lipinski definition) is 0. The normalized spacial score (nSPS) is 11.0. The maximum atomic E-state index is 6.21. The quantitative estimate of drug-likeness (QED) is 0.428. The molecule has 146 valence electrons. The van der Waals surface area contributed by atoms with E-state index in [0.29, 0.717) is 33.6 Å². The van der Waals surface area contributed by atoms with Crippen molar-refractivity contribution in [3.8, 4) is 17.2 Å². The van der Waals surface area contributed by atoms with E-state index in [4.69, 9.17) is 38.0 Å². The number of halogens is 1. The minimum atomic E-state index is 0.448. The van der Waals surface area contributed by atoms with Gasteiger partial charge in [-0.15, -0.1) is 0 Å². The van der Waals surface area contributed by atoms with Crippen LogP contribution in [0.1, 0.15) is 11.1 Å². The first-order chi connectivity index (χ1) is 13.6. The summed E-state index contributed by atoms with van der Waals surface area (Å²) in [5.41, 5.74) is 1.69. The fraction of sp³-hybridized carbons (Fsp3) is 0.211. The summed E-state index contributed by atoms with van der Waals surface area (Å²) in [4.78, 5) is 0. The molecular formula is C19H19ClN4O3S. The standard InChI is InChI=1S/C19H19ClN4O3S/c1-25-16-8-13(9-17(26-2)18(16)27-3)10-21-24-12-22-23(19(24)28)11-14-6-4-5-7-15(14)20/h4-10,12H,11H2,1-3H3/b21-10-. The van der Waals surface area contributed by atoms with E-state index < -0.39 is 0 Å². The Morgan fingerprint density at radius 1 is 1.11 bits per heavy atom. The molecule has 0 aliphatic heterocycles. The van der Waals surface area contributed by atoms with Crippen LogP contribution in [0.2, 0.25) is 5.02 Å². The number of rotatable bonds is 7. The molecule has 3 aromatic rings. The molecule has 0 aliphatic carbocycles. The molecule has 9 heteroatoms. The zero-order valence-corrected chi connectivity index (χ0v) is 17.2. The third kappa shape index (κ3) is 4.18. The van der Waals surface area contributed by atoms with Crippen molar-refractivity contribution in [2.45, 2.75) is 6.54 Å². The van der Waals surface area contributed by atoms with Crippen molar-refractivity contribution in [2.75, 3.05) is 21.3 Å². The van der Waals surface area contributed by atoms with Gasteiger partial charge in [0.2, 0.25) is 10.5 Å². The minimum Gasteiger partial charge on any atom is -0.493 e. The van der Waals surface area contributed by atoms with Crippen LogP contribution >= 0.6 is 23.8 Å². The number of methoxy groups -OCH3 is 3. The molecular weight excluding hydrogens is 400 g/mol. The number of benzene rings is 2. The molecule has 1 heterocycles. The van der Waals surface area contributed by atoms with E-state index in [-0.39, 0.29) is 0 Å². The van der Waals surface area contributed by atoms with Crippen molar-refractivity contribution < 1.29 is 14.2 Å². The van der Waals surface area contributed by atoms with Crippen molar-refractivity contribution in [2.24, 2.45) is 5.10 Å². The van der Waals surface area contributed by atoms with Gasteiger partial charge in [-0.1, -0.05) is 29.8 Å². The summed E-state index contributed by atoms with van der Waals surface area (Å²) in [7, 11) is 4.68. The summed E-state index contributed by atoms with van der Waals surface area (Å²) in [5.74, 6) is 1.61. The summed E-state index contributed by atoms with van der Waals surface area (Å²) in [6.07, 6.45) is 3.19. The third-order valence-electron chi connectivity index (χ3n) is 4.01. The molecule has 0 radical (unpaired) electrons. The van der Waals surface area contributed by atoms with Crippen LogP contribution in [-0.2, 0) is 6.54 Å². The fourth-order valence-corrected chi connectivity index (χ4v) is 3.01. The molecule has 0 saturated carbocycles. The highest BCUT2D eigenvalue weighted by Gasteiger charge is 2.12. The second-order valence-electron chi connectivity index (χ2n) is 5.71. The molecule has 0 unspecified atom stereocenters. The number of ether oxygens (including phenoxy) is 3. The van der Waals surface area contributed by atoms with E-state index in [0.717, 1.165) is 11.1 Å². The molecule has 3 rings (SSSR count). The van der Waals surface area contributed by atoms with E-state index in [1.165, 1.54) is 4.68 Å². The Kier molecular flexibility index (Phi) is 6.33. The van der Waals surface area contributed by atoms with Crippen LogP contribution in [0.5, 0.6) is 17.2 Å². The Labute approximate surface area is 172 Å². The van der Waals surface area contributed by atoms with Gasteiger partial charge in [0.15, 0.2) is 11.5 Å². The van der Waals surface area contributed by atoms with Crippen molar-refractivity contribution in [1.29, 1.82) is 0 Å². The Balaban J connectivity index is 1.87. The summed E-state index contributed by atoms with van der Waals surface area (Å²) >= 11 is 11.7. The van der Waals surface area contributed by atoms with Gasteiger partial charge in [-0.25, -0.2) is 4.68 Å². The lowest BCUT2D eigenvalue weighted by Crippen LogP contribution is -2.03. The maximum absolute atomic E-state index is 6.21. The fourth-order valence-electron chi connectivity index (χ4n) is 2.61. The van der Waals surface area contributed by atoms with Crippen LogP contribution in [0.15, 0.2) is 47.8 Å². The molecule has 28 heavy (non-hydrogen) atoms. The summed E-state index contributed by atoms with van der Waals surface area (Å²) in [5, 5.41) is 9.35. The zero-order chi connectivity index (χ0) is 20.1. The molecule has 0 spiro atoms. The van der Waals surface area contributed by atoms with Gasteiger partial charge in [0.25, 0.3) is 0 Å². The number of hydrogen-bond acceptors (Lipinski definition) is 6. The molecule has 2 aromatic carbocycles. The molecule has 7 nitrogen and oxygen atoms in total. The SMILES string of the molecule is COc1cc(/C=N\n2cnn(Cc3ccccc3Cl)c2=S)cc(OC)c1OC. The Bertz CT molecular complexity index is 1040. The van der Waals surface area contributed by atoms with Gasteiger partial charge in [-0.3, -0.25) is 0 Å². The second-order valence-corrected chi connectivity index (χ2v) is 6.48. The molecule has 0 saturated heterocycles. The lowest BCUT2D eigenvalue weighted by Gasteiger charge is -2.12. The van der Waals surface area contributed by atoms with Crippen LogP contribution in [0.3, 0.4) is 0 Å². The van der Waals surface area contributed by atoms with E-state index >= 15 is 0 Å². The van der Waals surface area contributed by atoms with Crippen LogP contribution in [-0.4, -0.2) is 42.0 Å². The van der Waals surface area contributed by atoms with E-state index in [9.17, 15) is 0 Å². The smallest absolute Gasteiger partial charge is 0.219 e. The van der Waals surface area contributed by atoms with Crippen LogP contribution < -0.4 is 14.2 Å². The van der Waals surface area contributed by atoms with Crippen molar-refractivity contribution in [3.63, 3.8) is 0 Å². The Morgan fingerprint density at radius 2 is 1.79 bits per heavy atom. The predicted octanol–water partition coefficient (Wildman–Crippen LogP) is 4.02. The van der Waals surface area contributed by atoms with Gasteiger partial charge in [-0.2, -0.15) is 14.9 Å². The largest absolute Gasteiger partial charge is 0.493 e. The topological polar surface area (TPSA) is 62.8 Å². The minimum absolute atomic E-state index is 0.448. The zero-order valence-electron chi connectivity index (χ0n) is 15.6. The molecule has 0 N–H and O–H groups in total. The van der Waals surface area contributed by atoms with Crippen molar-refractivity contribution in [3.05, 3.63) is 63.6 Å². The molecule has 0 bridgehead atoms. The molecule has 0 atom stereocenters. The highest BCUT2D eigenvalue weighted by atomic mass is 35.5. The van der Waals surface area contributed by atoms with Gasteiger partial charge in [0.1, 0.15) is 6.33 Å². The van der Waals surface area contributed by atoms with Gasteiger partial charge in [-0.05, 0) is 36.0 Å². The van der Waals surface area contributed by atoms with Gasteiger partial charge >= 0.3 is 0 Å². The number of aromatic nitrogens is 3.